The minimum atomic E-state index is 0.459. The summed E-state index contributed by atoms with van der Waals surface area (Å²) in [4.78, 5) is 0. The van der Waals surface area contributed by atoms with E-state index in [4.69, 9.17) is 0 Å². The lowest BCUT2D eigenvalue weighted by Gasteiger charge is -2.30. The van der Waals surface area contributed by atoms with Crippen molar-refractivity contribution in [2.75, 3.05) is 19.6 Å². The third-order valence-corrected chi connectivity index (χ3v) is 4.01. The molecular weight excluding hydrogens is 222 g/mol. The summed E-state index contributed by atoms with van der Waals surface area (Å²) in [5, 5.41) is 10.3. The SMILES string of the molecule is C1=NN(CC2CCNCC2)[C@H](c2ccccc2)C1. The first-order valence-electron chi connectivity index (χ1n) is 6.98. The monoisotopic (exact) mass is 243 g/mol. The van der Waals surface area contributed by atoms with Gasteiger partial charge in [-0.2, -0.15) is 5.10 Å². The Morgan fingerprint density at radius 1 is 1.17 bits per heavy atom. The van der Waals surface area contributed by atoms with E-state index in [9.17, 15) is 0 Å². The van der Waals surface area contributed by atoms with Crippen molar-refractivity contribution < 1.29 is 0 Å². The smallest absolute Gasteiger partial charge is 0.0769 e. The highest BCUT2D eigenvalue weighted by molar-refractivity contribution is 5.60. The minimum Gasteiger partial charge on any atom is -0.317 e. The molecule has 3 rings (SSSR count). The quantitative estimate of drug-likeness (QED) is 0.883. The molecule has 2 aliphatic rings. The predicted octanol–water partition coefficient (Wildman–Crippen LogP) is 2.42. The summed E-state index contributed by atoms with van der Waals surface area (Å²) in [7, 11) is 0. The van der Waals surface area contributed by atoms with E-state index < -0.39 is 0 Å². The van der Waals surface area contributed by atoms with Crippen LogP contribution in [0.15, 0.2) is 35.4 Å². The highest BCUT2D eigenvalue weighted by Gasteiger charge is 2.25. The van der Waals surface area contributed by atoms with Crippen molar-refractivity contribution in [3.63, 3.8) is 0 Å². The molecule has 0 radical (unpaired) electrons. The molecule has 2 heterocycles. The number of benzene rings is 1. The normalized spacial score (nSPS) is 24.7. The summed E-state index contributed by atoms with van der Waals surface area (Å²) < 4.78 is 0. The van der Waals surface area contributed by atoms with Gasteiger partial charge in [0.25, 0.3) is 0 Å². The van der Waals surface area contributed by atoms with Crippen molar-refractivity contribution in [1.29, 1.82) is 0 Å². The lowest BCUT2D eigenvalue weighted by atomic mass is 9.96. The number of nitrogens with zero attached hydrogens (tertiary/aromatic N) is 2. The van der Waals surface area contributed by atoms with Gasteiger partial charge in [-0.25, -0.2) is 0 Å². The van der Waals surface area contributed by atoms with Crippen LogP contribution in [0.25, 0.3) is 0 Å². The zero-order valence-corrected chi connectivity index (χ0v) is 10.8. The standard InChI is InChI=1S/C15H21N3/c1-2-4-14(5-3-1)15-8-11-17-18(15)12-13-6-9-16-10-7-13/h1-5,11,13,15-16H,6-10,12H2/t15-/m0/s1. The van der Waals surface area contributed by atoms with Crippen molar-refractivity contribution in [2.24, 2.45) is 11.0 Å². The number of hydrogen-bond donors (Lipinski definition) is 1. The van der Waals surface area contributed by atoms with E-state index in [-0.39, 0.29) is 0 Å². The van der Waals surface area contributed by atoms with Crippen molar-refractivity contribution in [3.8, 4) is 0 Å². The third-order valence-electron chi connectivity index (χ3n) is 4.01. The van der Waals surface area contributed by atoms with Crippen LogP contribution in [0.5, 0.6) is 0 Å². The molecule has 1 atom stereocenters. The summed E-state index contributed by atoms with van der Waals surface area (Å²) in [5.74, 6) is 0.799. The Hall–Kier alpha value is -1.35. The molecule has 96 valence electrons. The maximum absolute atomic E-state index is 4.58. The highest BCUT2D eigenvalue weighted by Crippen LogP contribution is 2.29. The van der Waals surface area contributed by atoms with Gasteiger partial charge in [0.1, 0.15) is 0 Å². The maximum Gasteiger partial charge on any atom is 0.0769 e. The van der Waals surface area contributed by atoms with Gasteiger partial charge in [-0.15, -0.1) is 0 Å². The van der Waals surface area contributed by atoms with E-state index in [0.29, 0.717) is 6.04 Å². The molecule has 0 amide bonds. The Bertz CT molecular complexity index is 395. The second kappa shape index (κ2) is 5.53. The van der Waals surface area contributed by atoms with Gasteiger partial charge in [-0.05, 0) is 37.4 Å². The van der Waals surface area contributed by atoms with Crippen molar-refractivity contribution >= 4 is 6.21 Å². The van der Waals surface area contributed by atoms with Gasteiger partial charge in [0.05, 0.1) is 6.04 Å². The molecule has 0 aliphatic carbocycles. The highest BCUT2D eigenvalue weighted by atomic mass is 15.5. The largest absolute Gasteiger partial charge is 0.317 e. The number of hydrogen-bond acceptors (Lipinski definition) is 3. The number of rotatable bonds is 3. The first kappa shape index (κ1) is 11.7. The molecular formula is C15H21N3. The summed E-state index contributed by atoms with van der Waals surface area (Å²) in [6.45, 7) is 3.44. The van der Waals surface area contributed by atoms with E-state index in [0.717, 1.165) is 32.0 Å². The molecule has 0 unspecified atom stereocenters. The third kappa shape index (κ3) is 2.56. The molecule has 1 N–H and O–H groups in total. The first-order chi connectivity index (χ1) is 8.93. The molecule has 3 heteroatoms. The summed E-state index contributed by atoms with van der Waals surface area (Å²) >= 11 is 0. The first-order valence-corrected chi connectivity index (χ1v) is 6.98. The molecule has 2 aliphatic heterocycles. The molecule has 0 saturated carbocycles. The molecule has 18 heavy (non-hydrogen) atoms. The van der Waals surface area contributed by atoms with Crippen LogP contribution >= 0.6 is 0 Å². The molecule has 1 aromatic rings. The van der Waals surface area contributed by atoms with E-state index in [1.807, 2.05) is 0 Å². The van der Waals surface area contributed by atoms with Crippen molar-refractivity contribution in [1.82, 2.24) is 10.3 Å². The average molecular weight is 243 g/mol. The summed E-state index contributed by atoms with van der Waals surface area (Å²) in [6.07, 6.45) is 5.69. The maximum atomic E-state index is 4.58. The summed E-state index contributed by atoms with van der Waals surface area (Å²) in [5.41, 5.74) is 1.39. The van der Waals surface area contributed by atoms with Crippen molar-refractivity contribution in [2.45, 2.75) is 25.3 Å². The lowest BCUT2D eigenvalue weighted by molar-refractivity contribution is 0.176. The molecule has 0 spiro atoms. The Kier molecular flexibility index (Phi) is 3.60. The molecule has 1 saturated heterocycles. The Morgan fingerprint density at radius 2 is 1.94 bits per heavy atom. The van der Waals surface area contributed by atoms with Crippen LogP contribution in [-0.4, -0.2) is 30.9 Å². The molecule has 1 fully saturated rings. The Morgan fingerprint density at radius 3 is 2.72 bits per heavy atom. The Labute approximate surface area is 109 Å². The fourth-order valence-electron chi connectivity index (χ4n) is 2.94. The van der Waals surface area contributed by atoms with Gasteiger partial charge in [0.15, 0.2) is 0 Å². The van der Waals surface area contributed by atoms with E-state index >= 15 is 0 Å². The van der Waals surface area contributed by atoms with Crippen LogP contribution in [-0.2, 0) is 0 Å². The fourth-order valence-corrected chi connectivity index (χ4v) is 2.94. The number of piperidine rings is 1. The molecule has 0 bridgehead atoms. The summed E-state index contributed by atoms with van der Waals surface area (Å²) in [6, 6.07) is 11.2. The molecule has 3 nitrogen and oxygen atoms in total. The van der Waals surface area contributed by atoms with Crippen LogP contribution in [0.2, 0.25) is 0 Å². The van der Waals surface area contributed by atoms with Gasteiger partial charge in [0.2, 0.25) is 0 Å². The van der Waals surface area contributed by atoms with Gasteiger partial charge >= 0.3 is 0 Å². The van der Waals surface area contributed by atoms with Crippen LogP contribution in [0, 0.1) is 5.92 Å². The van der Waals surface area contributed by atoms with Crippen LogP contribution in [0.1, 0.15) is 30.9 Å². The second-order valence-electron chi connectivity index (χ2n) is 5.28. The fraction of sp³-hybridized carbons (Fsp3) is 0.533. The number of hydrazone groups is 1. The molecule has 0 aromatic heterocycles. The van der Waals surface area contributed by atoms with Crippen LogP contribution in [0.3, 0.4) is 0 Å². The van der Waals surface area contributed by atoms with Crippen LogP contribution < -0.4 is 5.32 Å². The van der Waals surface area contributed by atoms with Gasteiger partial charge in [0, 0.05) is 19.2 Å². The van der Waals surface area contributed by atoms with Gasteiger partial charge in [-0.3, -0.25) is 5.01 Å². The van der Waals surface area contributed by atoms with Gasteiger partial charge in [-0.1, -0.05) is 30.3 Å². The zero-order valence-electron chi connectivity index (χ0n) is 10.8. The zero-order chi connectivity index (χ0) is 12.2. The second-order valence-corrected chi connectivity index (χ2v) is 5.28. The Balaban J connectivity index is 1.65. The molecule has 1 aromatic carbocycles. The number of nitrogens with one attached hydrogen (secondary N) is 1. The van der Waals surface area contributed by atoms with E-state index in [1.165, 1.54) is 18.4 Å². The minimum absolute atomic E-state index is 0.459. The van der Waals surface area contributed by atoms with Crippen LogP contribution in [0.4, 0.5) is 0 Å². The predicted molar refractivity (Wildman–Crippen MR) is 74.6 cm³/mol. The lowest BCUT2D eigenvalue weighted by Crippen LogP contribution is -2.34. The van der Waals surface area contributed by atoms with Gasteiger partial charge < -0.3 is 5.32 Å². The van der Waals surface area contributed by atoms with Crippen molar-refractivity contribution in [3.05, 3.63) is 35.9 Å². The average Bonchev–Trinajstić information content (AvgIpc) is 2.89. The van der Waals surface area contributed by atoms with E-state index in [2.05, 4.69) is 52.0 Å². The van der Waals surface area contributed by atoms with E-state index in [1.54, 1.807) is 0 Å². The topological polar surface area (TPSA) is 27.6 Å².